The predicted molar refractivity (Wildman–Crippen MR) is 73.3 cm³/mol. The molecule has 19 heavy (non-hydrogen) atoms. The van der Waals surface area contributed by atoms with Gasteiger partial charge in [0.25, 0.3) is 0 Å². The van der Waals surface area contributed by atoms with E-state index in [4.69, 9.17) is 10.5 Å². The molecule has 2 aromatic heterocycles. The van der Waals surface area contributed by atoms with Crippen molar-refractivity contribution in [2.75, 3.05) is 5.73 Å². The van der Waals surface area contributed by atoms with Crippen LogP contribution in [0.15, 0.2) is 18.2 Å². The van der Waals surface area contributed by atoms with Crippen LogP contribution in [0.5, 0.6) is 5.75 Å². The molecule has 0 aliphatic rings. The molecule has 3 rings (SSSR count). The van der Waals surface area contributed by atoms with Gasteiger partial charge in [0, 0.05) is 0 Å². The minimum Gasteiger partial charge on any atom is -0.485 e. The summed E-state index contributed by atoms with van der Waals surface area (Å²) < 4.78 is 7.37. The molecule has 0 radical (unpaired) electrons. The van der Waals surface area contributed by atoms with Crippen LogP contribution in [0.3, 0.4) is 0 Å². The molecule has 6 nitrogen and oxygen atoms in total. The Hall–Kier alpha value is -2.15. The number of benzene rings is 1. The van der Waals surface area contributed by atoms with Gasteiger partial charge in [0.15, 0.2) is 5.82 Å². The van der Waals surface area contributed by atoms with E-state index >= 15 is 0 Å². The molecule has 2 N–H and O–H groups in total. The normalized spacial score (nSPS) is 11.1. The molecular weight excluding hydrogens is 262 g/mol. The molecule has 0 atom stereocenters. The molecule has 0 aliphatic heterocycles. The van der Waals surface area contributed by atoms with Crippen molar-refractivity contribution in [1.82, 2.24) is 19.8 Å². The van der Waals surface area contributed by atoms with Crippen LogP contribution in [0.2, 0.25) is 0 Å². The highest BCUT2D eigenvalue weighted by atomic mass is 32.1. The molecule has 7 heteroatoms. The van der Waals surface area contributed by atoms with Gasteiger partial charge < -0.3 is 10.5 Å². The summed E-state index contributed by atoms with van der Waals surface area (Å²) in [6.45, 7) is 4.38. The third-order valence-electron chi connectivity index (χ3n) is 2.76. The lowest BCUT2D eigenvalue weighted by atomic mass is 10.1. The summed E-state index contributed by atoms with van der Waals surface area (Å²) in [4.78, 5) is 0.678. The summed E-state index contributed by atoms with van der Waals surface area (Å²) in [5.41, 5.74) is 7.94. The molecule has 3 aromatic rings. The van der Waals surface area contributed by atoms with E-state index in [1.807, 2.05) is 19.1 Å². The van der Waals surface area contributed by atoms with Gasteiger partial charge in [0.2, 0.25) is 10.1 Å². The second kappa shape index (κ2) is 4.51. The molecule has 0 aliphatic carbocycles. The summed E-state index contributed by atoms with van der Waals surface area (Å²) in [5, 5.41) is 12.6. The number of aromatic nitrogens is 4. The van der Waals surface area contributed by atoms with Crippen molar-refractivity contribution in [2.24, 2.45) is 0 Å². The Bertz CT molecular complexity index is 733. The smallest absolute Gasteiger partial charge is 0.236 e. The first-order chi connectivity index (χ1) is 9.13. The maximum atomic E-state index is 5.75. The van der Waals surface area contributed by atoms with Gasteiger partial charge in [-0.3, -0.25) is 0 Å². The predicted octanol–water partition coefficient (Wildman–Crippen LogP) is 1.96. The fourth-order valence-electron chi connectivity index (χ4n) is 1.87. The van der Waals surface area contributed by atoms with Crippen LogP contribution < -0.4 is 10.5 Å². The van der Waals surface area contributed by atoms with Crippen molar-refractivity contribution in [1.29, 1.82) is 0 Å². The third kappa shape index (κ3) is 2.24. The van der Waals surface area contributed by atoms with E-state index in [1.165, 1.54) is 16.9 Å². The van der Waals surface area contributed by atoms with Gasteiger partial charge in [-0.25, -0.2) is 0 Å². The zero-order valence-corrected chi connectivity index (χ0v) is 11.4. The molecule has 0 fully saturated rings. The minimum atomic E-state index is 0.314. The molecule has 0 amide bonds. The second-order valence-corrected chi connectivity index (χ2v) is 5.30. The monoisotopic (exact) mass is 275 g/mol. The topological polar surface area (TPSA) is 78.3 Å². The fraction of sp³-hybridized carbons (Fsp3) is 0.250. The number of nitrogens with two attached hydrogens (primary N) is 1. The molecule has 98 valence electrons. The quantitative estimate of drug-likeness (QED) is 0.790. The third-order valence-corrected chi connectivity index (χ3v) is 3.49. The number of aryl methyl sites for hydroxylation is 2. The Morgan fingerprint density at radius 3 is 2.95 bits per heavy atom. The molecule has 0 spiro atoms. The highest BCUT2D eigenvalue weighted by molar-refractivity contribution is 7.20. The van der Waals surface area contributed by atoms with E-state index in [1.54, 1.807) is 4.52 Å². The van der Waals surface area contributed by atoms with Gasteiger partial charge in [-0.1, -0.05) is 29.0 Å². The Balaban J connectivity index is 1.82. The lowest BCUT2D eigenvalue weighted by Crippen LogP contribution is -2.03. The van der Waals surface area contributed by atoms with E-state index in [-0.39, 0.29) is 0 Å². The van der Waals surface area contributed by atoms with Gasteiger partial charge in [-0.15, -0.1) is 15.3 Å². The summed E-state index contributed by atoms with van der Waals surface area (Å²) in [5.74, 6) is 1.48. The first-order valence-electron chi connectivity index (χ1n) is 5.80. The zero-order valence-electron chi connectivity index (χ0n) is 10.6. The van der Waals surface area contributed by atoms with Crippen molar-refractivity contribution < 1.29 is 4.74 Å². The first-order valence-corrected chi connectivity index (χ1v) is 6.62. The summed E-state index contributed by atoms with van der Waals surface area (Å²) >= 11 is 1.30. The van der Waals surface area contributed by atoms with Crippen molar-refractivity contribution in [3.63, 3.8) is 0 Å². The summed E-state index contributed by atoms with van der Waals surface area (Å²) in [7, 11) is 0. The number of hydrogen-bond acceptors (Lipinski definition) is 6. The lowest BCUT2D eigenvalue weighted by molar-refractivity contribution is 0.291. The van der Waals surface area contributed by atoms with E-state index in [0.717, 1.165) is 11.3 Å². The number of rotatable bonds is 3. The SMILES string of the molecule is Cc1ccc(OCc2nnc3sc(N)nn23)c(C)c1. The Morgan fingerprint density at radius 1 is 1.32 bits per heavy atom. The average molecular weight is 275 g/mol. The average Bonchev–Trinajstić information content (AvgIpc) is 2.88. The van der Waals surface area contributed by atoms with Crippen LogP contribution in [0, 0.1) is 13.8 Å². The molecule has 2 heterocycles. The van der Waals surface area contributed by atoms with Crippen LogP contribution in [-0.2, 0) is 6.61 Å². The van der Waals surface area contributed by atoms with Crippen LogP contribution in [0.25, 0.3) is 4.96 Å². The number of hydrogen-bond donors (Lipinski definition) is 1. The molecule has 0 saturated carbocycles. The number of anilines is 1. The van der Waals surface area contributed by atoms with Crippen molar-refractivity contribution in [2.45, 2.75) is 20.5 Å². The molecule has 0 bridgehead atoms. The van der Waals surface area contributed by atoms with E-state index < -0.39 is 0 Å². The standard InChI is InChI=1S/C12H13N5OS/c1-7-3-4-9(8(2)5-7)18-6-10-14-15-12-17(10)16-11(13)19-12/h3-5H,6H2,1-2H3,(H2,13,16). The number of fused-ring (bicyclic) bond motifs is 1. The van der Waals surface area contributed by atoms with E-state index in [9.17, 15) is 0 Å². The maximum absolute atomic E-state index is 5.75. The van der Waals surface area contributed by atoms with Crippen molar-refractivity contribution >= 4 is 21.4 Å². The molecular formula is C12H13N5OS. The van der Waals surface area contributed by atoms with Gasteiger partial charge in [-0.05, 0) is 25.5 Å². The first kappa shape index (κ1) is 11.9. The van der Waals surface area contributed by atoms with Gasteiger partial charge in [-0.2, -0.15) is 4.52 Å². The van der Waals surface area contributed by atoms with Gasteiger partial charge in [0.1, 0.15) is 12.4 Å². The summed E-state index contributed by atoms with van der Waals surface area (Å²) in [6.07, 6.45) is 0. The maximum Gasteiger partial charge on any atom is 0.236 e. The second-order valence-electron chi connectivity index (χ2n) is 4.31. The van der Waals surface area contributed by atoms with Gasteiger partial charge in [0.05, 0.1) is 0 Å². The van der Waals surface area contributed by atoms with Crippen LogP contribution in [0.4, 0.5) is 5.13 Å². The number of nitrogen functional groups attached to an aromatic ring is 1. The Kier molecular flexibility index (Phi) is 2.83. The van der Waals surface area contributed by atoms with Crippen molar-refractivity contribution in [3.05, 3.63) is 35.2 Å². The van der Waals surface area contributed by atoms with Crippen LogP contribution >= 0.6 is 11.3 Å². The van der Waals surface area contributed by atoms with Crippen molar-refractivity contribution in [3.8, 4) is 5.75 Å². The molecule has 1 aromatic carbocycles. The van der Waals surface area contributed by atoms with E-state index in [0.29, 0.717) is 22.5 Å². The van der Waals surface area contributed by atoms with Crippen LogP contribution in [-0.4, -0.2) is 19.8 Å². The summed E-state index contributed by atoms with van der Waals surface area (Å²) in [6, 6.07) is 6.05. The lowest BCUT2D eigenvalue weighted by Gasteiger charge is -2.08. The highest BCUT2D eigenvalue weighted by Gasteiger charge is 2.11. The Labute approximate surface area is 113 Å². The minimum absolute atomic E-state index is 0.314. The van der Waals surface area contributed by atoms with E-state index in [2.05, 4.69) is 28.3 Å². The van der Waals surface area contributed by atoms with Crippen LogP contribution in [0.1, 0.15) is 17.0 Å². The largest absolute Gasteiger partial charge is 0.485 e. The zero-order chi connectivity index (χ0) is 13.4. The number of ether oxygens (including phenoxy) is 1. The highest BCUT2D eigenvalue weighted by Crippen LogP contribution is 2.20. The Morgan fingerprint density at radius 2 is 2.16 bits per heavy atom. The molecule has 0 unspecified atom stereocenters. The number of nitrogens with zero attached hydrogens (tertiary/aromatic N) is 4. The van der Waals surface area contributed by atoms with Gasteiger partial charge >= 0.3 is 0 Å². The fourth-order valence-corrected chi connectivity index (χ4v) is 2.49. The molecule has 0 saturated heterocycles.